The molecule has 0 fully saturated rings. The van der Waals surface area contributed by atoms with Crippen LogP contribution in [0.15, 0.2) is 61.4 Å². The van der Waals surface area contributed by atoms with Crippen LogP contribution >= 0.6 is 0 Å². The second kappa shape index (κ2) is 7.26. The first-order valence-electron chi connectivity index (χ1n) is 9.25. The number of rotatable bonds is 5. The van der Waals surface area contributed by atoms with Crippen molar-refractivity contribution in [3.63, 3.8) is 0 Å². The normalized spacial score (nSPS) is 12.4. The molecule has 1 amide bonds. The van der Waals surface area contributed by atoms with Crippen LogP contribution in [0.1, 0.15) is 48.8 Å². The SMILES string of the molecule is CC(NC(=O)c1cnc2c(cnn2C(C)C)c1)c1ccc(-n2ccnc2)cc1. The molecule has 1 atom stereocenters. The summed E-state index contributed by atoms with van der Waals surface area (Å²) >= 11 is 0. The third-order valence-electron chi connectivity index (χ3n) is 4.73. The molecule has 142 valence electrons. The molecule has 0 aliphatic heterocycles. The van der Waals surface area contributed by atoms with Gasteiger partial charge < -0.3 is 9.88 Å². The predicted molar refractivity (Wildman–Crippen MR) is 107 cm³/mol. The summed E-state index contributed by atoms with van der Waals surface area (Å²) in [7, 11) is 0. The molecule has 3 aromatic heterocycles. The zero-order chi connectivity index (χ0) is 19.7. The summed E-state index contributed by atoms with van der Waals surface area (Å²) in [6.45, 7) is 6.07. The molecular weight excluding hydrogens is 352 g/mol. The number of nitrogens with one attached hydrogen (secondary N) is 1. The Morgan fingerprint density at radius 1 is 1.11 bits per heavy atom. The van der Waals surface area contributed by atoms with Crippen molar-refractivity contribution in [2.75, 3.05) is 0 Å². The van der Waals surface area contributed by atoms with Crippen molar-refractivity contribution in [2.45, 2.75) is 32.9 Å². The van der Waals surface area contributed by atoms with Crippen LogP contribution in [0.4, 0.5) is 0 Å². The number of pyridine rings is 1. The van der Waals surface area contributed by atoms with E-state index in [1.165, 1.54) is 0 Å². The van der Waals surface area contributed by atoms with Gasteiger partial charge in [0, 0.05) is 35.7 Å². The Labute approximate surface area is 163 Å². The lowest BCUT2D eigenvalue weighted by Crippen LogP contribution is -2.26. The standard InChI is InChI=1S/C21H22N6O/c1-14(2)27-20-17(12-24-27)10-18(11-23-20)21(28)25-15(3)16-4-6-19(7-5-16)26-9-8-22-13-26/h4-15H,1-3H3,(H,25,28). The zero-order valence-electron chi connectivity index (χ0n) is 16.1. The van der Waals surface area contributed by atoms with Gasteiger partial charge in [0.2, 0.25) is 0 Å². The summed E-state index contributed by atoms with van der Waals surface area (Å²) in [4.78, 5) is 21.2. The summed E-state index contributed by atoms with van der Waals surface area (Å²) in [6, 6.07) is 9.95. The van der Waals surface area contributed by atoms with E-state index < -0.39 is 0 Å². The van der Waals surface area contributed by atoms with Crippen LogP contribution in [0.3, 0.4) is 0 Å². The van der Waals surface area contributed by atoms with Gasteiger partial charge in [-0.05, 0) is 44.5 Å². The van der Waals surface area contributed by atoms with Crippen molar-refractivity contribution in [2.24, 2.45) is 0 Å². The van der Waals surface area contributed by atoms with Crippen molar-refractivity contribution in [1.82, 2.24) is 29.6 Å². The second-order valence-corrected chi connectivity index (χ2v) is 7.08. The largest absolute Gasteiger partial charge is 0.345 e. The maximum Gasteiger partial charge on any atom is 0.253 e. The van der Waals surface area contributed by atoms with E-state index in [1.807, 2.05) is 52.7 Å². The van der Waals surface area contributed by atoms with Crippen molar-refractivity contribution in [3.8, 4) is 5.69 Å². The van der Waals surface area contributed by atoms with Crippen LogP contribution in [-0.4, -0.2) is 30.2 Å². The molecule has 0 radical (unpaired) electrons. The predicted octanol–water partition coefficient (Wildman–Crippen LogP) is 3.69. The number of carbonyl (C=O) groups excluding carboxylic acids is 1. The Morgan fingerprint density at radius 3 is 2.57 bits per heavy atom. The average Bonchev–Trinajstić information content (AvgIpc) is 3.37. The highest BCUT2D eigenvalue weighted by molar-refractivity contribution is 5.97. The van der Waals surface area contributed by atoms with Crippen molar-refractivity contribution >= 4 is 16.9 Å². The van der Waals surface area contributed by atoms with Gasteiger partial charge in [-0.15, -0.1) is 0 Å². The Hall–Kier alpha value is -3.48. The number of fused-ring (bicyclic) bond motifs is 1. The highest BCUT2D eigenvalue weighted by Crippen LogP contribution is 2.19. The van der Waals surface area contributed by atoms with E-state index in [0.717, 1.165) is 22.3 Å². The van der Waals surface area contributed by atoms with Crippen LogP contribution < -0.4 is 5.32 Å². The maximum atomic E-state index is 12.7. The molecule has 0 spiro atoms. The number of aromatic nitrogens is 5. The van der Waals surface area contributed by atoms with E-state index in [-0.39, 0.29) is 18.0 Å². The maximum absolute atomic E-state index is 12.7. The molecule has 1 N–H and O–H groups in total. The molecule has 7 nitrogen and oxygen atoms in total. The second-order valence-electron chi connectivity index (χ2n) is 7.08. The Balaban J connectivity index is 1.49. The first-order valence-corrected chi connectivity index (χ1v) is 9.25. The lowest BCUT2D eigenvalue weighted by molar-refractivity contribution is 0.0939. The lowest BCUT2D eigenvalue weighted by Gasteiger charge is -2.15. The van der Waals surface area contributed by atoms with E-state index in [1.54, 1.807) is 24.9 Å². The van der Waals surface area contributed by atoms with Gasteiger partial charge >= 0.3 is 0 Å². The summed E-state index contributed by atoms with van der Waals surface area (Å²) < 4.78 is 3.78. The van der Waals surface area contributed by atoms with Crippen LogP contribution in [0.2, 0.25) is 0 Å². The summed E-state index contributed by atoms with van der Waals surface area (Å²) in [5, 5.41) is 8.24. The van der Waals surface area contributed by atoms with Gasteiger partial charge in [0.05, 0.1) is 24.1 Å². The first-order chi connectivity index (χ1) is 13.5. The molecular formula is C21H22N6O. The minimum Gasteiger partial charge on any atom is -0.345 e. The van der Waals surface area contributed by atoms with Gasteiger partial charge in [0.1, 0.15) is 0 Å². The number of hydrogen-bond donors (Lipinski definition) is 1. The molecule has 4 aromatic rings. The minimum atomic E-state index is -0.155. The zero-order valence-corrected chi connectivity index (χ0v) is 16.1. The van der Waals surface area contributed by atoms with Crippen LogP contribution in [0.5, 0.6) is 0 Å². The van der Waals surface area contributed by atoms with Gasteiger partial charge in [-0.25, -0.2) is 14.6 Å². The molecule has 0 saturated carbocycles. The molecule has 0 saturated heterocycles. The van der Waals surface area contributed by atoms with Gasteiger partial charge in [-0.3, -0.25) is 4.79 Å². The molecule has 0 aliphatic carbocycles. The summed E-state index contributed by atoms with van der Waals surface area (Å²) in [5.74, 6) is -0.155. The lowest BCUT2D eigenvalue weighted by atomic mass is 10.1. The summed E-state index contributed by atoms with van der Waals surface area (Å²) in [5.41, 5.74) is 3.36. The Bertz CT molecular complexity index is 1100. The van der Waals surface area contributed by atoms with Crippen molar-refractivity contribution in [1.29, 1.82) is 0 Å². The monoisotopic (exact) mass is 374 g/mol. The highest BCUT2D eigenvalue weighted by Gasteiger charge is 2.14. The molecule has 28 heavy (non-hydrogen) atoms. The quantitative estimate of drug-likeness (QED) is 0.578. The topological polar surface area (TPSA) is 77.6 Å². The van der Waals surface area contributed by atoms with Crippen molar-refractivity contribution in [3.05, 3.63) is 72.6 Å². The minimum absolute atomic E-state index is 0.126. The van der Waals surface area contributed by atoms with Crippen LogP contribution in [-0.2, 0) is 0 Å². The van der Waals surface area contributed by atoms with Gasteiger partial charge in [-0.2, -0.15) is 5.10 Å². The number of amides is 1. The number of benzene rings is 1. The molecule has 3 heterocycles. The molecule has 1 unspecified atom stereocenters. The molecule has 0 bridgehead atoms. The van der Waals surface area contributed by atoms with E-state index in [2.05, 4.69) is 34.2 Å². The van der Waals surface area contributed by atoms with E-state index in [4.69, 9.17) is 0 Å². The number of nitrogens with zero attached hydrogens (tertiary/aromatic N) is 5. The van der Waals surface area contributed by atoms with Crippen molar-refractivity contribution < 1.29 is 4.79 Å². The third kappa shape index (κ3) is 3.38. The number of carbonyl (C=O) groups is 1. The van der Waals surface area contributed by atoms with Gasteiger partial charge in [0.25, 0.3) is 5.91 Å². The average molecular weight is 374 g/mol. The number of imidazole rings is 1. The Kier molecular flexibility index (Phi) is 4.65. The molecule has 1 aromatic carbocycles. The molecule has 7 heteroatoms. The smallest absolute Gasteiger partial charge is 0.253 e. The van der Waals surface area contributed by atoms with Gasteiger partial charge in [-0.1, -0.05) is 12.1 Å². The Morgan fingerprint density at radius 2 is 1.89 bits per heavy atom. The molecule has 4 rings (SSSR count). The fourth-order valence-electron chi connectivity index (χ4n) is 3.15. The van der Waals surface area contributed by atoms with Gasteiger partial charge in [0.15, 0.2) is 5.65 Å². The van der Waals surface area contributed by atoms with E-state index in [0.29, 0.717) is 5.56 Å². The fourth-order valence-corrected chi connectivity index (χ4v) is 3.15. The first kappa shape index (κ1) is 17.9. The molecule has 0 aliphatic rings. The van der Waals surface area contributed by atoms with Crippen LogP contribution in [0, 0.1) is 0 Å². The van der Waals surface area contributed by atoms with E-state index >= 15 is 0 Å². The summed E-state index contributed by atoms with van der Waals surface area (Å²) in [6.07, 6.45) is 8.74. The van der Waals surface area contributed by atoms with E-state index in [9.17, 15) is 4.79 Å². The number of hydrogen-bond acceptors (Lipinski definition) is 4. The van der Waals surface area contributed by atoms with Crippen LogP contribution in [0.25, 0.3) is 16.7 Å². The third-order valence-corrected chi connectivity index (χ3v) is 4.73. The highest BCUT2D eigenvalue weighted by atomic mass is 16.1. The fraction of sp³-hybridized carbons (Fsp3) is 0.238.